The molecule has 1 aliphatic rings. The van der Waals surface area contributed by atoms with Crippen LogP contribution in [-0.4, -0.2) is 25.9 Å². The highest BCUT2D eigenvalue weighted by Crippen LogP contribution is 2.38. The van der Waals surface area contributed by atoms with Gasteiger partial charge in [-0.15, -0.1) is 0 Å². The number of fused-ring (bicyclic) bond motifs is 1. The number of Topliss-reactive ketones (excluding diaryl/α,β-unsaturated/α-hetero) is 1. The van der Waals surface area contributed by atoms with Crippen LogP contribution < -0.4 is 14.8 Å². The van der Waals surface area contributed by atoms with Crippen molar-refractivity contribution in [2.24, 2.45) is 5.41 Å². The lowest BCUT2D eigenvalue weighted by molar-refractivity contribution is 0.0898. The lowest BCUT2D eigenvalue weighted by atomic mass is 9.76. The van der Waals surface area contributed by atoms with Crippen molar-refractivity contribution in [3.8, 4) is 11.5 Å². The van der Waals surface area contributed by atoms with Gasteiger partial charge in [0, 0.05) is 24.5 Å². The van der Waals surface area contributed by atoms with Crippen molar-refractivity contribution in [1.82, 2.24) is 0 Å². The predicted molar refractivity (Wildman–Crippen MR) is 97.4 cm³/mol. The zero-order valence-corrected chi connectivity index (χ0v) is 15.7. The number of hydrogen-bond acceptors (Lipinski definition) is 5. The van der Waals surface area contributed by atoms with Crippen molar-refractivity contribution >= 4 is 17.4 Å². The quantitative estimate of drug-likeness (QED) is 0.894. The minimum Gasteiger partial charge on any atom is -0.497 e. The zero-order chi connectivity index (χ0) is 19.1. The molecule has 1 N–H and O–H groups in total. The van der Waals surface area contributed by atoms with Gasteiger partial charge in [-0.3, -0.25) is 9.59 Å². The number of rotatable bonds is 4. The van der Waals surface area contributed by atoms with E-state index in [0.29, 0.717) is 46.9 Å². The number of carbonyl (C=O) groups excluding carboxylic acids is 2. The second-order valence-electron chi connectivity index (χ2n) is 7.32. The van der Waals surface area contributed by atoms with Gasteiger partial charge in [-0.2, -0.15) is 0 Å². The van der Waals surface area contributed by atoms with E-state index in [1.165, 1.54) is 7.11 Å². The van der Waals surface area contributed by atoms with Crippen LogP contribution >= 0.6 is 0 Å². The molecule has 1 aromatic carbocycles. The van der Waals surface area contributed by atoms with Crippen LogP contribution in [0.25, 0.3) is 0 Å². The normalized spacial score (nSPS) is 15.3. The molecular formula is C20H23NO5. The van der Waals surface area contributed by atoms with Gasteiger partial charge in [0.2, 0.25) is 0 Å². The number of ketones is 1. The van der Waals surface area contributed by atoms with E-state index in [0.717, 1.165) is 0 Å². The maximum atomic E-state index is 12.7. The van der Waals surface area contributed by atoms with Crippen LogP contribution in [0.1, 0.15) is 52.5 Å². The fourth-order valence-corrected chi connectivity index (χ4v) is 3.38. The average Bonchev–Trinajstić information content (AvgIpc) is 2.90. The molecule has 1 aliphatic carbocycles. The molecule has 0 saturated heterocycles. The molecule has 0 saturated carbocycles. The lowest BCUT2D eigenvalue weighted by Crippen LogP contribution is -2.26. The van der Waals surface area contributed by atoms with Crippen LogP contribution in [0.4, 0.5) is 5.69 Å². The van der Waals surface area contributed by atoms with E-state index < -0.39 is 5.91 Å². The fourth-order valence-electron chi connectivity index (χ4n) is 3.38. The summed E-state index contributed by atoms with van der Waals surface area (Å²) in [5.41, 5.74) is 1.47. The molecule has 1 aromatic heterocycles. The van der Waals surface area contributed by atoms with Crippen molar-refractivity contribution in [2.75, 3.05) is 19.5 Å². The first-order valence-corrected chi connectivity index (χ1v) is 8.44. The van der Waals surface area contributed by atoms with E-state index in [2.05, 4.69) is 5.32 Å². The first kappa shape index (κ1) is 18.0. The Morgan fingerprint density at radius 1 is 1.19 bits per heavy atom. The van der Waals surface area contributed by atoms with Gasteiger partial charge in [0.25, 0.3) is 5.91 Å². The van der Waals surface area contributed by atoms with Crippen LogP contribution in [-0.2, 0) is 6.42 Å². The second kappa shape index (κ2) is 6.52. The molecule has 2 aromatic rings. The number of anilines is 1. The van der Waals surface area contributed by atoms with Crippen LogP contribution in [0.5, 0.6) is 11.5 Å². The molecule has 138 valence electrons. The Morgan fingerprint density at radius 3 is 2.58 bits per heavy atom. The maximum absolute atomic E-state index is 12.7. The predicted octanol–water partition coefficient (Wildman–Crippen LogP) is 4.01. The molecule has 3 rings (SSSR count). The highest BCUT2D eigenvalue weighted by molar-refractivity contribution is 6.08. The maximum Gasteiger partial charge on any atom is 0.291 e. The second-order valence-corrected chi connectivity index (χ2v) is 7.32. The van der Waals surface area contributed by atoms with Gasteiger partial charge in [-0.1, -0.05) is 13.8 Å². The van der Waals surface area contributed by atoms with E-state index >= 15 is 0 Å². The third kappa shape index (κ3) is 3.19. The summed E-state index contributed by atoms with van der Waals surface area (Å²) in [6.45, 7) is 5.79. The molecule has 1 amide bonds. The monoisotopic (exact) mass is 357 g/mol. The first-order chi connectivity index (χ1) is 12.3. The molecule has 0 atom stereocenters. The van der Waals surface area contributed by atoms with E-state index in [1.807, 2.05) is 13.8 Å². The SMILES string of the molecule is COc1ccc(NC(=O)c2oc3c(c2C)C(=O)CC(C)(C)C3)c(OC)c1. The van der Waals surface area contributed by atoms with Gasteiger partial charge in [-0.05, 0) is 24.5 Å². The zero-order valence-electron chi connectivity index (χ0n) is 15.7. The van der Waals surface area contributed by atoms with Gasteiger partial charge in [0.15, 0.2) is 11.5 Å². The third-order valence-corrected chi connectivity index (χ3v) is 4.64. The average molecular weight is 357 g/mol. The summed E-state index contributed by atoms with van der Waals surface area (Å²) >= 11 is 0. The molecule has 6 nitrogen and oxygen atoms in total. The smallest absolute Gasteiger partial charge is 0.291 e. The molecule has 0 unspecified atom stereocenters. The number of methoxy groups -OCH3 is 2. The summed E-state index contributed by atoms with van der Waals surface area (Å²) in [6, 6.07) is 5.11. The summed E-state index contributed by atoms with van der Waals surface area (Å²) in [6.07, 6.45) is 1.09. The minimum atomic E-state index is -0.411. The summed E-state index contributed by atoms with van der Waals surface area (Å²) in [4.78, 5) is 25.2. The van der Waals surface area contributed by atoms with Gasteiger partial charge >= 0.3 is 0 Å². The Bertz CT molecular complexity index is 879. The number of benzene rings is 1. The summed E-state index contributed by atoms with van der Waals surface area (Å²) < 4.78 is 16.3. The fraction of sp³-hybridized carbons (Fsp3) is 0.400. The first-order valence-electron chi connectivity index (χ1n) is 8.44. The lowest BCUT2D eigenvalue weighted by Gasteiger charge is -2.27. The molecule has 1 heterocycles. The standard InChI is InChI=1S/C20H23NO5/c1-11-17-14(22)9-20(2,3)10-16(17)26-18(11)19(23)21-13-7-6-12(24-4)8-15(13)25-5/h6-8H,9-10H2,1-5H3,(H,21,23). The largest absolute Gasteiger partial charge is 0.497 e. The highest BCUT2D eigenvalue weighted by atomic mass is 16.5. The molecule has 0 bridgehead atoms. The van der Waals surface area contributed by atoms with E-state index in [1.54, 1.807) is 32.2 Å². The Morgan fingerprint density at radius 2 is 1.92 bits per heavy atom. The summed E-state index contributed by atoms with van der Waals surface area (Å²) in [7, 11) is 3.07. The van der Waals surface area contributed by atoms with E-state index in [4.69, 9.17) is 13.9 Å². The van der Waals surface area contributed by atoms with E-state index in [9.17, 15) is 9.59 Å². The molecule has 0 radical (unpaired) electrons. The van der Waals surface area contributed by atoms with E-state index in [-0.39, 0.29) is 17.0 Å². The van der Waals surface area contributed by atoms with Crippen molar-refractivity contribution in [2.45, 2.75) is 33.6 Å². The summed E-state index contributed by atoms with van der Waals surface area (Å²) in [5.74, 6) is 1.47. The van der Waals surface area contributed by atoms with Crippen LogP contribution in [0, 0.1) is 12.3 Å². The number of furan rings is 1. The number of ether oxygens (including phenoxy) is 2. The van der Waals surface area contributed by atoms with Crippen molar-refractivity contribution in [1.29, 1.82) is 0 Å². The number of carbonyl (C=O) groups is 2. The molecule has 0 spiro atoms. The Hall–Kier alpha value is -2.76. The molecule has 26 heavy (non-hydrogen) atoms. The van der Waals surface area contributed by atoms with Crippen molar-refractivity contribution in [3.63, 3.8) is 0 Å². The number of nitrogens with one attached hydrogen (secondary N) is 1. The number of amides is 1. The molecular weight excluding hydrogens is 334 g/mol. The molecule has 0 aliphatic heterocycles. The van der Waals surface area contributed by atoms with Gasteiger partial charge in [0.05, 0.1) is 25.5 Å². The van der Waals surface area contributed by atoms with Gasteiger partial charge < -0.3 is 19.2 Å². The Kier molecular flexibility index (Phi) is 4.52. The van der Waals surface area contributed by atoms with Crippen LogP contribution in [0.15, 0.2) is 22.6 Å². The number of hydrogen-bond donors (Lipinski definition) is 1. The third-order valence-electron chi connectivity index (χ3n) is 4.64. The molecule has 6 heteroatoms. The van der Waals surface area contributed by atoms with Crippen LogP contribution in [0.3, 0.4) is 0 Å². The van der Waals surface area contributed by atoms with Crippen molar-refractivity contribution < 1.29 is 23.5 Å². The highest BCUT2D eigenvalue weighted by Gasteiger charge is 2.37. The Balaban J connectivity index is 1.92. The van der Waals surface area contributed by atoms with Gasteiger partial charge in [-0.25, -0.2) is 0 Å². The topological polar surface area (TPSA) is 77.8 Å². The minimum absolute atomic E-state index is 0.0265. The van der Waals surface area contributed by atoms with Gasteiger partial charge in [0.1, 0.15) is 17.3 Å². The molecule has 0 fully saturated rings. The van der Waals surface area contributed by atoms with Crippen molar-refractivity contribution in [3.05, 3.63) is 40.8 Å². The Labute approximate surface area is 152 Å². The van der Waals surface area contributed by atoms with Crippen LogP contribution in [0.2, 0.25) is 0 Å². The summed E-state index contributed by atoms with van der Waals surface area (Å²) in [5, 5.41) is 2.79.